The maximum Gasteiger partial charge on any atom is 0.317 e. The second-order valence-corrected chi connectivity index (χ2v) is 9.28. The van der Waals surface area contributed by atoms with E-state index in [0.717, 1.165) is 24.9 Å². The predicted molar refractivity (Wildman–Crippen MR) is 112 cm³/mol. The first-order chi connectivity index (χ1) is 13.4. The third-order valence-electron chi connectivity index (χ3n) is 6.31. The van der Waals surface area contributed by atoms with Gasteiger partial charge in [-0.2, -0.15) is 0 Å². The van der Waals surface area contributed by atoms with Crippen LogP contribution in [0.5, 0.6) is 0 Å². The van der Waals surface area contributed by atoms with Crippen LogP contribution in [-0.4, -0.2) is 36.5 Å². The van der Waals surface area contributed by atoms with Crippen molar-refractivity contribution in [2.75, 3.05) is 19.6 Å². The van der Waals surface area contributed by atoms with Crippen molar-refractivity contribution in [2.24, 2.45) is 17.3 Å². The second kappa shape index (κ2) is 9.44. The summed E-state index contributed by atoms with van der Waals surface area (Å²) in [6, 6.07) is 9.99. The van der Waals surface area contributed by atoms with Crippen LogP contribution in [0.25, 0.3) is 0 Å². The quantitative estimate of drug-likeness (QED) is 0.806. The lowest BCUT2D eigenvalue weighted by molar-refractivity contribution is -0.126. The Kier molecular flexibility index (Phi) is 6.97. The van der Waals surface area contributed by atoms with E-state index >= 15 is 0 Å². The van der Waals surface area contributed by atoms with Gasteiger partial charge in [0.05, 0.1) is 0 Å². The van der Waals surface area contributed by atoms with Crippen LogP contribution in [0.2, 0.25) is 0 Å². The van der Waals surface area contributed by atoms with Gasteiger partial charge in [-0.25, -0.2) is 4.79 Å². The van der Waals surface area contributed by atoms with Crippen molar-refractivity contribution >= 4 is 11.9 Å². The molecule has 154 valence electrons. The molecule has 1 unspecified atom stereocenters. The Hall–Kier alpha value is -2.04. The summed E-state index contributed by atoms with van der Waals surface area (Å²) in [7, 11) is 0. The van der Waals surface area contributed by atoms with Crippen LogP contribution in [-0.2, 0) is 11.3 Å². The van der Waals surface area contributed by atoms with Gasteiger partial charge in [-0.15, -0.1) is 0 Å². The first-order valence-electron chi connectivity index (χ1n) is 10.8. The molecule has 1 saturated heterocycles. The van der Waals surface area contributed by atoms with E-state index in [-0.39, 0.29) is 17.9 Å². The van der Waals surface area contributed by atoms with Crippen molar-refractivity contribution in [3.63, 3.8) is 0 Å². The Morgan fingerprint density at radius 2 is 1.79 bits per heavy atom. The number of hydrogen-bond acceptors (Lipinski definition) is 2. The molecule has 5 nitrogen and oxygen atoms in total. The summed E-state index contributed by atoms with van der Waals surface area (Å²) in [4.78, 5) is 26.8. The van der Waals surface area contributed by atoms with Crippen molar-refractivity contribution in [3.8, 4) is 0 Å². The number of nitrogens with one attached hydrogen (secondary N) is 2. The van der Waals surface area contributed by atoms with Gasteiger partial charge in [0.15, 0.2) is 0 Å². The van der Waals surface area contributed by atoms with Crippen LogP contribution >= 0.6 is 0 Å². The fourth-order valence-corrected chi connectivity index (χ4v) is 4.65. The number of piperidine rings is 1. The number of rotatable bonds is 5. The van der Waals surface area contributed by atoms with E-state index < -0.39 is 0 Å². The Morgan fingerprint density at radius 3 is 2.46 bits per heavy atom. The Bertz CT molecular complexity index is 651. The average molecular weight is 386 g/mol. The first kappa shape index (κ1) is 20.7. The molecule has 1 atom stereocenters. The van der Waals surface area contributed by atoms with Gasteiger partial charge in [0, 0.05) is 32.1 Å². The lowest BCUT2D eigenvalue weighted by Gasteiger charge is -2.36. The third-order valence-corrected chi connectivity index (χ3v) is 6.31. The number of nitrogens with zero attached hydrogens (tertiary/aromatic N) is 1. The molecule has 0 bridgehead atoms. The van der Waals surface area contributed by atoms with Gasteiger partial charge in [0.1, 0.15) is 0 Å². The summed E-state index contributed by atoms with van der Waals surface area (Å²) in [6.07, 6.45) is 6.44. The van der Waals surface area contributed by atoms with Crippen LogP contribution in [0.1, 0.15) is 57.9 Å². The molecule has 0 spiro atoms. The van der Waals surface area contributed by atoms with E-state index in [4.69, 9.17) is 0 Å². The highest BCUT2D eigenvalue weighted by atomic mass is 16.2. The minimum absolute atomic E-state index is 0.00639. The van der Waals surface area contributed by atoms with Crippen LogP contribution < -0.4 is 10.6 Å². The topological polar surface area (TPSA) is 61.4 Å². The summed E-state index contributed by atoms with van der Waals surface area (Å²) in [5, 5.41) is 6.17. The maximum atomic E-state index is 12.5. The fourth-order valence-electron chi connectivity index (χ4n) is 4.65. The molecule has 3 amide bonds. The Morgan fingerprint density at radius 1 is 1.07 bits per heavy atom. The largest absolute Gasteiger partial charge is 0.352 e. The standard InChI is InChI=1S/C23H35N3O2/c1-23(2)12-6-9-19(15-23)17-25-22(28)26-13-10-20(11-14-26)21(27)24-16-18-7-4-3-5-8-18/h3-5,7-8,19-20H,6,9-17H2,1-2H3,(H,24,27)(H,25,28). The molecule has 1 aromatic carbocycles. The third kappa shape index (κ3) is 5.98. The van der Waals surface area contributed by atoms with E-state index in [1.54, 1.807) is 0 Å². The second-order valence-electron chi connectivity index (χ2n) is 9.28. The smallest absolute Gasteiger partial charge is 0.317 e. The highest BCUT2D eigenvalue weighted by molar-refractivity contribution is 5.79. The van der Waals surface area contributed by atoms with Crippen LogP contribution in [0.4, 0.5) is 4.79 Å². The number of urea groups is 1. The normalized spacial score (nSPS) is 22.5. The van der Waals surface area contributed by atoms with Crippen molar-refractivity contribution < 1.29 is 9.59 Å². The fraction of sp³-hybridized carbons (Fsp3) is 0.652. The zero-order valence-electron chi connectivity index (χ0n) is 17.4. The molecular weight excluding hydrogens is 350 g/mol. The van der Waals surface area contributed by atoms with Crippen LogP contribution in [0.3, 0.4) is 0 Å². The van der Waals surface area contributed by atoms with Gasteiger partial charge >= 0.3 is 6.03 Å². The predicted octanol–water partition coefficient (Wildman–Crippen LogP) is 3.94. The number of carbonyl (C=O) groups excluding carboxylic acids is 2. The highest BCUT2D eigenvalue weighted by Gasteiger charge is 2.30. The zero-order chi connectivity index (χ0) is 20.0. The van der Waals surface area contributed by atoms with Crippen LogP contribution in [0, 0.1) is 17.3 Å². The van der Waals surface area contributed by atoms with Gasteiger partial charge in [0.25, 0.3) is 0 Å². The molecule has 2 fully saturated rings. The monoisotopic (exact) mass is 385 g/mol. The summed E-state index contributed by atoms with van der Waals surface area (Å²) in [5.41, 5.74) is 1.51. The molecule has 5 heteroatoms. The maximum absolute atomic E-state index is 12.5. The number of likely N-dealkylation sites (tertiary alicyclic amines) is 1. The van der Waals surface area contributed by atoms with Gasteiger partial charge in [-0.05, 0) is 49.0 Å². The molecular formula is C23H35N3O2. The molecule has 0 aromatic heterocycles. The van der Waals surface area contributed by atoms with E-state index in [1.165, 1.54) is 25.7 Å². The van der Waals surface area contributed by atoms with Gasteiger partial charge in [0.2, 0.25) is 5.91 Å². The van der Waals surface area contributed by atoms with Crippen molar-refractivity contribution in [3.05, 3.63) is 35.9 Å². The Balaban J connectivity index is 1.36. The highest BCUT2D eigenvalue weighted by Crippen LogP contribution is 2.38. The van der Waals surface area contributed by atoms with Gasteiger partial charge in [-0.3, -0.25) is 4.79 Å². The SMILES string of the molecule is CC1(C)CCCC(CNC(=O)N2CCC(C(=O)NCc3ccccc3)CC2)C1. The van der Waals surface area contributed by atoms with Gasteiger partial charge in [-0.1, -0.05) is 50.6 Å². The summed E-state index contributed by atoms with van der Waals surface area (Å²) in [6.45, 7) is 7.32. The van der Waals surface area contributed by atoms with Crippen molar-refractivity contribution in [1.29, 1.82) is 0 Å². The molecule has 1 aliphatic carbocycles. The zero-order valence-corrected chi connectivity index (χ0v) is 17.4. The molecule has 0 radical (unpaired) electrons. The minimum Gasteiger partial charge on any atom is -0.352 e. The van der Waals surface area contributed by atoms with Crippen molar-refractivity contribution in [1.82, 2.24) is 15.5 Å². The summed E-state index contributed by atoms with van der Waals surface area (Å²) < 4.78 is 0. The molecule has 28 heavy (non-hydrogen) atoms. The Labute approximate surface area is 169 Å². The molecule has 1 saturated carbocycles. The number of carbonyl (C=O) groups is 2. The lowest BCUT2D eigenvalue weighted by atomic mass is 9.72. The lowest BCUT2D eigenvalue weighted by Crippen LogP contribution is -2.48. The first-order valence-corrected chi connectivity index (χ1v) is 10.8. The number of amides is 3. The van der Waals surface area contributed by atoms with E-state index in [9.17, 15) is 9.59 Å². The summed E-state index contributed by atoms with van der Waals surface area (Å²) >= 11 is 0. The summed E-state index contributed by atoms with van der Waals surface area (Å²) in [5.74, 6) is 0.703. The average Bonchev–Trinajstić information content (AvgIpc) is 2.70. The molecule has 1 heterocycles. The van der Waals surface area contributed by atoms with E-state index in [2.05, 4.69) is 24.5 Å². The molecule has 3 rings (SSSR count). The molecule has 1 aliphatic heterocycles. The molecule has 2 N–H and O–H groups in total. The van der Waals surface area contributed by atoms with Crippen molar-refractivity contribution in [2.45, 2.75) is 58.9 Å². The number of hydrogen-bond donors (Lipinski definition) is 2. The minimum atomic E-state index is 0.00639. The van der Waals surface area contributed by atoms with Crippen LogP contribution in [0.15, 0.2) is 30.3 Å². The van der Waals surface area contributed by atoms with E-state index in [0.29, 0.717) is 31.0 Å². The van der Waals surface area contributed by atoms with E-state index in [1.807, 2.05) is 35.2 Å². The number of benzene rings is 1. The van der Waals surface area contributed by atoms with Gasteiger partial charge < -0.3 is 15.5 Å². The molecule has 1 aromatic rings. The molecule has 2 aliphatic rings.